The molecule has 0 aromatic rings. The average molecular weight is 295 g/mol. The molecular weight excluding hydrogens is 275 g/mol. The first-order valence-electron chi connectivity index (χ1n) is 6.65. The number of hydrogen-bond donors (Lipinski definition) is 2. The van der Waals surface area contributed by atoms with Gasteiger partial charge in [-0.25, -0.2) is 0 Å². The number of rotatable bonds is 5. The number of amides is 2. The summed E-state index contributed by atoms with van der Waals surface area (Å²) < 4.78 is 37.9. The van der Waals surface area contributed by atoms with Crippen molar-refractivity contribution in [3.8, 4) is 0 Å². The summed E-state index contributed by atoms with van der Waals surface area (Å²) in [5.41, 5.74) is 0. The molecule has 8 heteroatoms. The van der Waals surface area contributed by atoms with E-state index in [2.05, 4.69) is 10.6 Å². The lowest BCUT2D eigenvalue weighted by molar-refractivity contribution is -0.167. The van der Waals surface area contributed by atoms with Gasteiger partial charge in [-0.05, 0) is 12.8 Å². The quantitative estimate of drug-likeness (QED) is 0.783. The first-order chi connectivity index (χ1) is 9.28. The Hall–Kier alpha value is -1.31. The molecule has 20 heavy (non-hydrogen) atoms. The molecule has 0 aliphatic carbocycles. The average Bonchev–Trinajstić information content (AvgIpc) is 2.37. The minimum Gasteiger partial charge on any atom is -0.353 e. The van der Waals surface area contributed by atoms with Crippen molar-refractivity contribution in [2.75, 3.05) is 19.6 Å². The van der Waals surface area contributed by atoms with Gasteiger partial charge < -0.3 is 10.2 Å². The molecule has 1 atom stereocenters. The third-order valence-corrected chi connectivity index (χ3v) is 3.33. The van der Waals surface area contributed by atoms with Crippen LogP contribution in [0.2, 0.25) is 0 Å². The third kappa shape index (κ3) is 4.66. The zero-order valence-electron chi connectivity index (χ0n) is 11.6. The van der Waals surface area contributed by atoms with Gasteiger partial charge in [0.05, 0.1) is 6.54 Å². The van der Waals surface area contributed by atoms with Crippen LogP contribution in [0.3, 0.4) is 0 Å². The van der Waals surface area contributed by atoms with Crippen LogP contribution >= 0.6 is 0 Å². The number of carbonyl (C=O) groups excluding carboxylic acids is 2. The summed E-state index contributed by atoms with van der Waals surface area (Å²) in [5.74, 6) is -0.880. The minimum atomic E-state index is -4.43. The summed E-state index contributed by atoms with van der Waals surface area (Å²) in [5, 5.41) is 5.14. The lowest BCUT2D eigenvalue weighted by atomic mass is 10.1. The molecule has 1 unspecified atom stereocenters. The largest absolute Gasteiger partial charge is 0.406 e. The Morgan fingerprint density at radius 1 is 1.40 bits per heavy atom. The van der Waals surface area contributed by atoms with Gasteiger partial charge in [0.2, 0.25) is 11.8 Å². The zero-order chi connectivity index (χ0) is 15.3. The van der Waals surface area contributed by atoms with E-state index in [-0.39, 0.29) is 19.0 Å². The molecule has 1 heterocycles. The molecule has 1 fully saturated rings. The Balaban J connectivity index is 2.80. The van der Waals surface area contributed by atoms with E-state index in [1.807, 2.05) is 0 Å². The van der Waals surface area contributed by atoms with Crippen LogP contribution in [0.4, 0.5) is 13.2 Å². The predicted octanol–water partition coefficient (Wildman–Crippen LogP) is 0.654. The smallest absolute Gasteiger partial charge is 0.353 e. The Morgan fingerprint density at radius 2 is 2.00 bits per heavy atom. The number of halogens is 3. The Kier molecular flexibility index (Phi) is 5.79. The Morgan fingerprint density at radius 3 is 2.40 bits per heavy atom. The molecule has 5 nitrogen and oxygen atoms in total. The highest BCUT2D eigenvalue weighted by Crippen LogP contribution is 2.21. The van der Waals surface area contributed by atoms with Crippen LogP contribution in [0.1, 0.15) is 26.7 Å². The Bertz CT molecular complexity index is 346. The van der Waals surface area contributed by atoms with E-state index in [1.165, 1.54) is 0 Å². The summed E-state index contributed by atoms with van der Waals surface area (Å²) in [4.78, 5) is 24.1. The lowest BCUT2D eigenvalue weighted by Crippen LogP contribution is -2.61. The topological polar surface area (TPSA) is 61.4 Å². The number of nitrogens with zero attached hydrogens (tertiary/aromatic N) is 1. The maximum Gasteiger partial charge on any atom is 0.406 e. The van der Waals surface area contributed by atoms with Gasteiger partial charge in [0.1, 0.15) is 12.6 Å². The number of hydrogen-bond acceptors (Lipinski definition) is 3. The van der Waals surface area contributed by atoms with Crippen molar-refractivity contribution in [3.63, 3.8) is 0 Å². The second kappa shape index (κ2) is 6.92. The van der Waals surface area contributed by atoms with Crippen molar-refractivity contribution in [2.24, 2.45) is 0 Å². The number of carbonyl (C=O) groups is 2. The fourth-order valence-electron chi connectivity index (χ4n) is 2.25. The molecule has 0 bridgehead atoms. The van der Waals surface area contributed by atoms with Crippen molar-refractivity contribution in [3.05, 3.63) is 0 Å². The minimum absolute atomic E-state index is 0.0200. The van der Waals surface area contributed by atoms with Crippen molar-refractivity contribution in [1.29, 1.82) is 0 Å². The third-order valence-electron chi connectivity index (χ3n) is 3.33. The first-order valence-corrected chi connectivity index (χ1v) is 6.65. The molecule has 1 rings (SSSR count). The summed E-state index contributed by atoms with van der Waals surface area (Å²) >= 11 is 0. The fourth-order valence-corrected chi connectivity index (χ4v) is 2.25. The second-order valence-corrected chi connectivity index (χ2v) is 4.79. The first kappa shape index (κ1) is 16.7. The molecular formula is C12H20F3N3O2. The highest BCUT2D eigenvalue weighted by molar-refractivity contribution is 5.87. The molecule has 0 spiro atoms. The standard InChI is InChI=1S/C12H20F3N3O2/c1-3-8(4-2)18(7-12(13,14)15)11(20)9-5-17-10(19)6-16-9/h8-9,16H,3-7H2,1-2H3,(H,17,19). The van der Waals surface area contributed by atoms with Crippen LogP contribution in [0.5, 0.6) is 0 Å². The monoisotopic (exact) mass is 295 g/mol. The van der Waals surface area contributed by atoms with E-state index in [4.69, 9.17) is 0 Å². The predicted molar refractivity (Wildman–Crippen MR) is 66.9 cm³/mol. The number of alkyl halides is 3. The van der Waals surface area contributed by atoms with Crippen molar-refractivity contribution in [1.82, 2.24) is 15.5 Å². The highest BCUT2D eigenvalue weighted by Gasteiger charge is 2.38. The summed E-state index contributed by atoms with van der Waals surface area (Å²) in [6.07, 6.45) is -3.52. The van der Waals surface area contributed by atoms with Crippen LogP contribution in [0.25, 0.3) is 0 Å². The molecule has 0 radical (unpaired) electrons. The molecule has 2 amide bonds. The van der Waals surface area contributed by atoms with Crippen LogP contribution in [-0.2, 0) is 9.59 Å². The fraction of sp³-hybridized carbons (Fsp3) is 0.833. The lowest BCUT2D eigenvalue weighted by Gasteiger charge is -2.35. The number of nitrogens with one attached hydrogen (secondary N) is 2. The molecule has 2 N–H and O–H groups in total. The van der Waals surface area contributed by atoms with Gasteiger partial charge in [0.15, 0.2) is 0 Å². The van der Waals surface area contributed by atoms with Crippen molar-refractivity contribution >= 4 is 11.8 Å². The van der Waals surface area contributed by atoms with Gasteiger partial charge in [-0.1, -0.05) is 13.8 Å². The second-order valence-electron chi connectivity index (χ2n) is 4.79. The molecule has 1 saturated heterocycles. The molecule has 116 valence electrons. The summed E-state index contributed by atoms with van der Waals surface area (Å²) in [7, 11) is 0. The van der Waals surface area contributed by atoms with E-state index >= 15 is 0 Å². The summed E-state index contributed by atoms with van der Waals surface area (Å²) in [6.45, 7) is 2.21. The highest BCUT2D eigenvalue weighted by atomic mass is 19.4. The van der Waals surface area contributed by atoms with Gasteiger partial charge in [0, 0.05) is 12.6 Å². The summed E-state index contributed by atoms with van der Waals surface area (Å²) in [6, 6.07) is -1.25. The number of piperazine rings is 1. The van der Waals surface area contributed by atoms with Crippen molar-refractivity contribution in [2.45, 2.75) is 44.9 Å². The zero-order valence-corrected chi connectivity index (χ0v) is 11.6. The van der Waals surface area contributed by atoms with Crippen LogP contribution in [0, 0.1) is 0 Å². The van der Waals surface area contributed by atoms with E-state index in [0.717, 1.165) is 4.90 Å². The van der Waals surface area contributed by atoms with Gasteiger partial charge in [0.25, 0.3) is 0 Å². The van der Waals surface area contributed by atoms with Gasteiger partial charge in [-0.15, -0.1) is 0 Å². The van der Waals surface area contributed by atoms with Crippen LogP contribution in [-0.4, -0.2) is 54.6 Å². The normalized spacial score (nSPS) is 19.9. The van der Waals surface area contributed by atoms with E-state index in [0.29, 0.717) is 12.8 Å². The Labute approximate surface area is 115 Å². The van der Waals surface area contributed by atoms with Crippen molar-refractivity contribution < 1.29 is 22.8 Å². The SMILES string of the molecule is CCC(CC)N(CC(F)(F)F)C(=O)C1CNC(=O)CN1. The van der Waals surface area contributed by atoms with Gasteiger partial charge in [-0.2, -0.15) is 13.2 Å². The van der Waals surface area contributed by atoms with E-state index < -0.39 is 30.7 Å². The molecule has 1 aliphatic heterocycles. The molecule has 0 saturated carbocycles. The van der Waals surface area contributed by atoms with E-state index in [1.54, 1.807) is 13.8 Å². The van der Waals surface area contributed by atoms with Gasteiger partial charge in [-0.3, -0.25) is 14.9 Å². The van der Waals surface area contributed by atoms with Gasteiger partial charge >= 0.3 is 6.18 Å². The maximum absolute atomic E-state index is 12.6. The molecule has 0 aromatic heterocycles. The van der Waals surface area contributed by atoms with E-state index in [9.17, 15) is 22.8 Å². The van der Waals surface area contributed by atoms with Crippen LogP contribution in [0.15, 0.2) is 0 Å². The van der Waals surface area contributed by atoms with Crippen LogP contribution < -0.4 is 10.6 Å². The maximum atomic E-state index is 12.6. The molecule has 0 aromatic carbocycles. The molecule has 1 aliphatic rings.